The first kappa shape index (κ1) is 22.1. The molecule has 0 aliphatic rings. The van der Waals surface area contributed by atoms with Crippen LogP contribution in [0.25, 0.3) is 0 Å². The van der Waals surface area contributed by atoms with Gasteiger partial charge in [-0.25, -0.2) is 0 Å². The highest BCUT2D eigenvalue weighted by Gasteiger charge is 2.16. The summed E-state index contributed by atoms with van der Waals surface area (Å²) < 4.78 is 10.9. The lowest BCUT2D eigenvalue weighted by Crippen LogP contribution is -2.35. The number of carbonyl (C=O) groups is 2. The van der Waals surface area contributed by atoms with Crippen molar-refractivity contribution in [3.05, 3.63) is 76.7 Å². The molecule has 0 fully saturated rings. The maximum atomic E-state index is 12.7. The third kappa shape index (κ3) is 5.51. The van der Waals surface area contributed by atoms with E-state index in [9.17, 15) is 9.59 Å². The molecular weight excluding hydrogens is 394 g/mol. The Labute approximate surface area is 182 Å². The summed E-state index contributed by atoms with van der Waals surface area (Å²) in [5.41, 5.74) is 4.02. The molecule has 0 aliphatic carbocycles. The van der Waals surface area contributed by atoms with Crippen LogP contribution in [0.4, 0.5) is 5.69 Å². The number of likely N-dealkylation sites (N-methyl/N-ethyl adjacent to an activating group) is 1. The predicted molar refractivity (Wildman–Crippen MR) is 118 cm³/mol. The molecule has 1 N–H and O–H groups in total. The van der Waals surface area contributed by atoms with Gasteiger partial charge in [-0.05, 0) is 56.2 Å². The van der Waals surface area contributed by atoms with Crippen LogP contribution >= 0.6 is 0 Å². The van der Waals surface area contributed by atoms with Gasteiger partial charge < -0.3 is 19.5 Å². The second-order valence-corrected chi connectivity index (χ2v) is 7.34. The minimum absolute atomic E-state index is 0.0405. The molecule has 2 aromatic carbocycles. The summed E-state index contributed by atoms with van der Waals surface area (Å²) in [6.45, 7) is 6.04. The van der Waals surface area contributed by atoms with Gasteiger partial charge in [-0.3, -0.25) is 9.59 Å². The molecule has 7 heteroatoms. The van der Waals surface area contributed by atoms with E-state index in [1.165, 1.54) is 4.90 Å². The van der Waals surface area contributed by atoms with Crippen LogP contribution < -0.4 is 10.1 Å². The maximum Gasteiger partial charge on any atom is 0.254 e. The van der Waals surface area contributed by atoms with Crippen molar-refractivity contribution in [1.29, 1.82) is 0 Å². The topological polar surface area (TPSA) is 84.7 Å². The fourth-order valence-electron chi connectivity index (χ4n) is 3.21. The van der Waals surface area contributed by atoms with Crippen molar-refractivity contribution >= 4 is 17.5 Å². The highest BCUT2D eigenvalue weighted by Crippen LogP contribution is 2.19. The third-order valence-corrected chi connectivity index (χ3v) is 5.07. The minimum atomic E-state index is -0.240. The van der Waals surface area contributed by atoms with Crippen LogP contribution in [0.5, 0.6) is 5.75 Å². The summed E-state index contributed by atoms with van der Waals surface area (Å²) in [5, 5.41) is 6.79. The normalized spacial score (nSPS) is 10.6. The van der Waals surface area contributed by atoms with Crippen LogP contribution in [0.1, 0.15) is 39.9 Å². The lowest BCUT2D eigenvalue weighted by Gasteiger charge is -2.18. The van der Waals surface area contributed by atoms with Crippen LogP contribution in [-0.2, 0) is 17.8 Å². The molecule has 0 atom stereocenters. The van der Waals surface area contributed by atoms with E-state index in [2.05, 4.69) is 10.5 Å². The summed E-state index contributed by atoms with van der Waals surface area (Å²) in [4.78, 5) is 26.5. The number of rotatable bonds is 8. The van der Waals surface area contributed by atoms with Crippen molar-refractivity contribution in [1.82, 2.24) is 10.1 Å². The Morgan fingerprint density at radius 1 is 1.10 bits per heavy atom. The Kier molecular flexibility index (Phi) is 7.07. The molecule has 0 spiro atoms. The van der Waals surface area contributed by atoms with Gasteiger partial charge in [0.05, 0.1) is 17.8 Å². The zero-order valence-corrected chi connectivity index (χ0v) is 18.3. The lowest BCUT2D eigenvalue weighted by molar-refractivity contribution is -0.116. The number of benzene rings is 2. The third-order valence-electron chi connectivity index (χ3n) is 5.07. The van der Waals surface area contributed by atoms with Crippen molar-refractivity contribution in [3.8, 4) is 5.75 Å². The number of hydrogen-bond donors (Lipinski definition) is 1. The predicted octanol–water partition coefficient (Wildman–Crippen LogP) is 4.14. The smallest absolute Gasteiger partial charge is 0.254 e. The van der Waals surface area contributed by atoms with E-state index in [1.54, 1.807) is 31.3 Å². The highest BCUT2D eigenvalue weighted by atomic mass is 16.5. The van der Waals surface area contributed by atoms with Crippen LogP contribution in [0.15, 0.2) is 53.1 Å². The zero-order chi connectivity index (χ0) is 22.4. The Balaban J connectivity index is 1.56. The van der Waals surface area contributed by atoms with Crippen molar-refractivity contribution in [2.75, 3.05) is 18.9 Å². The van der Waals surface area contributed by atoms with Crippen LogP contribution in [0.3, 0.4) is 0 Å². The molecule has 3 rings (SSSR count). The van der Waals surface area contributed by atoms with Gasteiger partial charge >= 0.3 is 0 Å². The number of aromatic nitrogens is 1. The molecule has 0 saturated heterocycles. The first-order valence-electron chi connectivity index (χ1n) is 10.2. The summed E-state index contributed by atoms with van der Waals surface area (Å²) in [7, 11) is 1.61. The van der Waals surface area contributed by atoms with E-state index < -0.39 is 0 Å². The molecule has 0 aliphatic heterocycles. The number of anilines is 1. The van der Waals surface area contributed by atoms with Gasteiger partial charge in [0.15, 0.2) is 0 Å². The number of ether oxygens (including phenoxy) is 1. The SMILES string of the molecule is CCc1ccccc1NC(=O)CN(C)C(=O)c1ccc(OCc2c(C)noc2C)cc1. The first-order chi connectivity index (χ1) is 14.9. The zero-order valence-electron chi connectivity index (χ0n) is 18.3. The Morgan fingerprint density at radius 3 is 2.45 bits per heavy atom. The number of carbonyl (C=O) groups excluding carboxylic acids is 2. The van der Waals surface area contributed by atoms with Crippen molar-refractivity contribution < 1.29 is 18.8 Å². The van der Waals surface area contributed by atoms with Crippen molar-refractivity contribution in [3.63, 3.8) is 0 Å². The van der Waals surface area contributed by atoms with Gasteiger partial charge in [-0.1, -0.05) is 30.3 Å². The minimum Gasteiger partial charge on any atom is -0.489 e. The second kappa shape index (κ2) is 9.93. The standard InChI is InChI=1S/C24H27N3O4/c1-5-18-8-6-7-9-22(18)25-23(28)14-27(4)24(29)19-10-12-20(13-11-19)30-15-21-16(2)26-31-17(21)3/h6-13H,5,14-15H2,1-4H3,(H,25,28). The van der Waals surface area contributed by atoms with Gasteiger partial charge in [0.25, 0.3) is 5.91 Å². The fourth-order valence-corrected chi connectivity index (χ4v) is 3.21. The van der Waals surface area contributed by atoms with E-state index in [1.807, 2.05) is 45.0 Å². The van der Waals surface area contributed by atoms with Crippen molar-refractivity contribution in [2.45, 2.75) is 33.8 Å². The van der Waals surface area contributed by atoms with Gasteiger partial charge in [0.1, 0.15) is 18.1 Å². The number of hydrogen-bond acceptors (Lipinski definition) is 5. The first-order valence-corrected chi connectivity index (χ1v) is 10.2. The van der Waals surface area contributed by atoms with E-state index >= 15 is 0 Å². The molecule has 162 valence electrons. The van der Waals surface area contributed by atoms with Crippen LogP contribution in [-0.4, -0.2) is 35.5 Å². The molecular formula is C24H27N3O4. The molecule has 0 bridgehead atoms. The van der Waals surface area contributed by atoms with Crippen LogP contribution in [0.2, 0.25) is 0 Å². The van der Waals surface area contributed by atoms with E-state index in [4.69, 9.17) is 9.26 Å². The average molecular weight is 421 g/mol. The van der Waals surface area contributed by atoms with Gasteiger partial charge in [0.2, 0.25) is 5.91 Å². The van der Waals surface area contributed by atoms with Gasteiger partial charge in [0, 0.05) is 18.3 Å². The molecule has 31 heavy (non-hydrogen) atoms. The summed E-state index contributed by atoms with van der Waals surface area (Å²) in [5.74, 6) is 0.881. The number of nitrogens with zero attached hydrogens (tertiary/aromatic N) is 2. The summed E-state index contributed by atoms with van der Waals surface area (Å²) in [6.07, 6.45) is 0.815. The Hall–Kier alpha value is -3.61. The van der Waals surface area contributed by atoms with E-state index in [0.29, 0.717) is 17.9 Å². The summed E-state index contributed by atoms with van der Waals surface area (Å²) in [6, 6.07) is 14.5. The average Bonchev–Trinajstić information content (AvgIpc) is 3.09. The molecule has 3 aromatic rings. The fraction of sp³-hybridized carbons (Fsp3) is 0.292. The Morgan fingerprint density at radius 2 is 1.81 bits per heavy atom. The molecule has 0 saturated carbocycles. The van der Waals surface area contributed by atoms with E-state index in [-0.39, 0.29) is 18.4 Å². The molecule has 0 radical (unpaired) electrons. The number of para-hydroxylation sites is 1. The molecule has 1 heterocycles. The molecule has 0 unspecified atom stereocenters. The Bertz CT molecular complexity index is 1040. The van der Waals surface area contributed by atoms with Gasteiger partial charge in [-0.2, -0.15) is 0 Å². The largest absolute Gasteiger partial charge is 0.489 e. The molecule has 7 nitrogen and oxygen atoms in total. The van der Waals surface area contributed by atoms with E-state index in [0.717, 1.165) is 34.7 Å². The number of amides is 2. The quantitative estimate of drug-likeness (QED) is 0.591. The second-order valence-electron chi connectivity index (χ2n) is 7.34. The molecule has 1 aromatic heterocycles. The summed E-state index contributed by atoms with van der Waals surface area (Å²) >= 11 is 0. The molecule has 2 amide bonds. The van der Waals surface area contributed by atoms with Crippen molar-refractivity contribution in [2.24, 2.45) is 0 Å². The maximum absolute atomic E-state index is 12.7. The monoisotopic (exact) mass is 421 g/mol. The highest BCUT2D eigenvalue weighted by molar-refractivity contribution is 5.99. The van der Waals surface area contributed by atoms with Gasteiger partial charge in [-0.15, -0.1) is 0 Å². The number of nitrogens with one attached hydrogen (secondary N) is 1. The lowest BCUT2D eigenvalue weighted by atomic mass is 10.1. The number of aryl methyl sites for hydroxylation is 3. The van der Waals surface area contributed by atoms with Crippen LogP contribution in [0, 0.1) is 13.8 Å².